The van der Waals surface area contributed by atoms with Crippen LogP contribution in [0.1, 0.15) is 44.2 Å². The Labute approximate surface area is 160 Å². The maximum absolute atomic E-state index is 12.5. The number of urea groups is 1. The Kier molecular flexibility index (Phi) is 6.37. The van der Waals surface area contributed by atoms with Crippen LogP contribution in [0.5, 0.6) is 0 Å². The summed E-state index contributed by atoms with van der Waals surface area (Å²) < 4.78 is 7.25. The molecule has 146 valence electrons. The van der Waals surface area contributed by atoms with Gasteiger partial charge in [0.05, 0.1) is 13.0 Å². The molecule has 1 N–H and O–H groups in total. The average Bonchev–Trinajstić information content (AvgIpc) is 2.90. The molecule has 2 amide bonds. The van der Waals surface area contributed by atoms with Crippen LogP contribution in [0.4, 0.5) is 4.79 Å². The van der Waals surface area contributed by atoms with Crippen molar-refractivity contribution >= 4 is 22.9 Å². The Balaban J connectivity index is 1.69. The normalized spacial score (nSPS) is 13.5. The maximum atomic E-state index is 12.5. The number of carbonyl (C=O) groups excluding carboxylic acids is 2. The molecule has 6 nitrogen and oxygen atoms in total. The van der Waals surface area contributed by atoms with Crippen LogP contribution < -0.4 is 5.32 Å². The van der Waals surface area contributed by atoms with Crippen molar-refractivity contribution in [1.82, 2.24) is 14.8 Å². The first-order chi connectivity index (χ1) is 13.1. The SMILES string of the molecule is CCCCn1cc2c3c(cccc31)CN(C(=O)NCCC(=O)OCC)CC2. The van der Waals surface area contributed by atoms with Crippen LogP contribution in [0, 0.1) is 0 Å². The number of rotatable bonds is 7. The number of amides is 2. The Morgan fingerprint density at radius 1 is 1.22 bits per heavy atom. The number of unbranched alkanes of at least 4 members (excludes halogenated alkanes) is 1. The maximum Gasteiger partial charge on any atom is 0.317 e. The quantitative estimate of drug-likeness (QED) is 0.758. The van der Waals surface area contributed by atoms with Gasteiger partial charge in [0, 0.05) is 43.3 Å². The highest BCUT2D eigenvalue weighted by Gasteiger charge is 2.22. The van der Waals surface area contributed by atoms with Crippen LogP contribution in [0.3, 0.4) is 0 Å². The van der Waals surface area contributed by atoms with E-state index in [0.717, 1.165) is 13.0 Å². The van der Waals surface area contributed by atoms with E-state index >= 15 is 0 Å². The molecular weight excluding hydrogens is 342 g/mol. The molecule has 1 aromatic heterocycles. The summed E-state index contributed by atoms with van der Waals surface area (Å²) in [5, 5.41) is 4.14. The summed E-state index contributed by atoms with van der Waals surface area (Å²) in [6.45, 7) is 6.95. The van der Waals surface area contributed by atoms with Crippen molar-refractivity contribution in [3.05, 3.63) is 35.5 Å². The second-order valence-electron chi connectivity index (χ2n) is 6.97. The highest BCUT2D eigenvalue weighted by atomic mass is 16.5. The van der Waals surface area contributed by atoms with E-state index in [-0.39, 0.29) is 18.4 Å². The predicted octanol–water partition coefficient (Wildman–Crippen LogP) is 3.46. The minimum Gasteiger partial charge on any atom is -0.466 e. The van der Waals surface area contributed by atoms with Crippen LogP contribution in [0.2, 0.25) is 0 Å². The van der Waals surface area contributed by atoms with Gasteiger partial charge >= 0.3 is 12.0 Å². The van der Waals surface area contributed by atoms with E-state index in [2.05, 4.69) is 41.2 Å². The third-order valence-electron chi connectivity index (χ3n) is 5.03. The zero-order chi connectivity index (χ0) is 19.2. The van der Waals surface area contributed by atoms with Crippen molar-refractivity contribution in [1.29, 1.82) is 0 Å². The average molecular weight is 371 g/mol. The monoisotopic (exact) mass is 371 g/mol. The second kappa shape index (κ2) is 8.93. The number of nitrogens with zero attached hydrogens (tertiary/aromatic N) is 2. The van der Waals surface area contributed by atoms with Crippen LogP contribution in [-0.2, 0) is 29.0 Å². The fourth-order valence-electron chi connectivity index (χ4n) is 3.68. The topological polar surface area (TPSA) is 63.6 Å². The number of aryl methyl sites for hydroxylation is 1. The lowest BCUT2D eigenvalue weighted by Crippen LogP contribution is -2.41. The predicted molar refractivity (Wildman–Crippen MR) is 106 cm³/mol. The van der Waals surface area contributed by atoms with E-state index in [9.17, 15) is 9.59 Å². The molecule has 0 radical (unpaired) electrons. The first-order valence-corrected chi connectivity index (χ1v) is 9.92. The molecule has 0 unspecified atom stereocenters. The number of esters is 1. The molecule has 1 aromatic carbocycles. The lowest BCUT2D eigenvalue weighted by atomic mass is 10.1. The van der Waals surface area contributed by atoms with Gasteiger partial charge < -0.3 is 19.5 Å². The number of hydrogen-bond donors (Lipinski definition) is 1. The molecule has 0 saturated carbocycles. The van der Waals surface area contributed by atoms with E-state index in [1.807, 2.05) is 4.90 Å². The number of ether oxygens (including phenoxy) is 1. The van der Waals surface area contributed by atoms with E-state index in [4.69, 9.17) is 4.74 Å². The Morgan fingerprint density at radius 2 is 2.07 bits per heavy atom. The molecule has 2 aromatic rings. The summed E-state index contributed by atoms with van der Waals surface area (Å²) >= 11 is 0. The van der Waals surface area contributed by atoms with E-state index in [0.29, 0.717) is 26.2 Å². The molecule has 0 atom stereocenters. The largest absolute Gasteiger partial charge is 0.466 e. The Bertz CT molecular complexity index is 812. The summed E-state index contributed by atoms with van der Waals surface area (Å²) in [4.78, 5) is 25.8. The van der Waals surface area contributed by atoms with Crippen molar-refractivity contribution in [3.8, 4) is 0 Å². The lowest BCUT2D eigenvalue weighted by molar-refractivity contribution is -0.142. The van der Waals surface area contributed by atoms with Gasteiger partial charge in [-0.15, -0.1) is 0 Å². The van der Waals surface area contributed by atoms with Crippen LogP contribution >= 0.6 is 0 Å². The third kappa shape index (κ3) is 4.43. The zero-order valence-electron chi connectivity index (χ0n) is 16.3. The van der Waals surface area contributed by atoms with Crippen LogP contribution in [0.15, 0.2) is 24.4 Å². The van der Waals surface area contributed by atoms with Gasteiger partial charge in [0.15, 0.2) is 0 Å². The fourth-order valence-corrected chi connectivity index (χ4v) is 3.68. The molecule has 2 heterocycles. The standard InChI is InChI=1S/C21H29N3O3/c1-3-5-12-23-14-17-10-13-24(15-16-7-6-8-18(23)20(16)17)21(26)22-11-9-19(25)27-4-2/h6-8,14H,3-5,9-13,15H2,1-2H3,(H,22,26). The number of nitrogens with one attached hydrogen (secondary N) is 1. The first kappa shape index (κ1) is 19.3. The molecule has 1 aliphatic heterocycles. The molecule has 0 spiro atoms. The highest BCUT2D eigenvalue weighted by Crippen LogP contribution is 2.29. The smallest absolute Gasteiger partial charge is 0.317 e. The van der Waals surface area contributed by atoms with Gasteiger partial charge in [-0.2, -0.15) is 0 Å². The van der Waals surface area contributed by atoms with Gasteiger partial charge in [0.2, 0.25) is 0 Å². The van der Waals surface area contributed by atoms with Crippen molar-refractivity contribution in [2.45, 2.75) is 52.6 Å². The van der Waals surface area contributed by atoms with Crippen molar-refractivity contribution in [2.75, 3.05) is 19.7 Å². The van der Waals surface area contributed by atoms with Crippen molar-refractivity contribution < 1.29 is 14.3 Å². The molecule has 0 fully saturated rings. The minimum absolute atomic E-state index is 0.125. The number of hydrogen-bond acceptors (Lipinski definition) is 3. The van der Waals surface area contributed by atoms with Crippen molar-refractivity contribution in [3.63, 3.8) is 0 Å². The molecular formula is C21H29N3O3. The zero-order valence-corrected chi connectivity index (χ0v) is 16.3. The van der Waals surface area contributed by atoms with Gasteiger partial charge in [-0.3, -0.25) is 4.79 Å². The number of carbonyl (C=O) groups is 2. The van der Waals surface area contributed by atoms with Gasteiger partial charge in [-0.05, 0) is 37.0 Å². The van der Waals surface area contributed by atoms with Crippen LogP contribution in [0.25, 0.3) is 10.9 Å². The van der Waals surface area contributed by atoms with Gasteiger partial charge in [-0.1, -0.05) is 25.5 Å². The highest BCUT2D eigenvalue weighted by molar-refractivity contribution is 5.88. The van der Waals surface area contributed by atoms with Gasteiger partial charge in [0.25, 0.3) is 0 Å². The van der Waals surface area contributed by atoms with E-state index < -0.39 is 0 Å². The van der Waals surface area contributed by atoms with E-state index in [1.165, 1.54) is 34.9 Å². The van der Waals surface area contributed by atoms with Crippen LogP contribution in [-0.4, -0.2) is 41.2 Å². The number of aromatic nitrogens is 1. The third-order valence-corrected chi connectivity index (χ3v) is 5.03. The summed E-state index contributed by atoms with van der Waals surface area (Å²) in [6, 6.07) is 6.24. The first-order valence-electron chi connectivity index (χ1n) is 9.92. The number of benzene rings is 1. The minimum atomic E-state index is -0.282. The van der Waals surface area contributed by atoms with Gasteiger partial charge in [-0.25, -0.2) is 4.79 Å². The molecule has 6 heteroatoms. The Hall–Kier alpha value is -2.50. The van der Waals surface area contributed by atoms with Crippen molar-refractivity contribution in [2.24, 2.45) is 0 Å². The molecule has 3 rings (SSSR count). The molecule has 0 bridgehead atoms. The molecule has 0 aliphatic carbocycles. The fraction of sp³-hybridized carbons (Fsp3) is 0.524. The Morgan fingerprint density at radius 3 is 2.85 bits per heavy atom. The van der Waals surface area contributed by atoms with E-state index in [1.54, 1.807) is 6.92 Å². The van der Waals surface area contributed by atoms with Gasteiger partial charge in [0.1, 0.15) is 0 Å². The summed E-state index contributed by atoms with van der Waals surface area (Å²) in [6.07, 6.45) is 5.65. The molecule has 1 aliphatic rings. The summed E-state index contributed by atoms with van der Waals surface area (Å²) in [7, 11) is 0. The lowest BCUT2D eigenvalue weighted by Gasteiger charge is -2.21. The summed E-state index contributed by atoms with van der Waals surface area (Å²) in [5.74, 6) is -0.282. The molecule has 0 saturated heterocycles. The molecule has 27 heavy (non-hydrogen) atoms. The second-order valence-corrected chi connectivity index (χ2v) is 6.97. The summed E-state index contributed by atoms with van der Waals surface area (Å²) in [5.41, 5.74) is 3.77.